The van der Waals surface area contributed by atoms with Crippen LogP contribution in [0.1, 0.15) is 17.4 Å². The van der Waals surface area contributed by atoms with Crippen LogP contribution in [0.3, 0.4) is 0 Å². The van der Waals surface area contributed by atoms with E-state index in [1.807, 2.05) is 0 Å². The predicted octanol–water partition coefficient (Wildman–Crippen LogP) is 2.79. The van der Waals surface area contributed by atoms with Gasteiger partial charge in [-0.2, -0.15) is 4.98 Å². The number of hydrogen-bond donors (Lipinski definition) is 1. The Hall–Kier alpha value is -2.01. The van der Waals surface area contributed by atoms with Crippen molar-refractivity contribution in [3.05, 3.63) is 28.9 Å². The number of carbonyl (C=O) groups is 1. The van der Waals surface area contributed by atoms with Crippen molar-refractivity contribution in [2.24, 2.45) is 0 Å². The van der Waals surface area contributed by atoms with Crippen molar-refractivity contribution >= 4 is 23.4 Å². The summed E-state index contributed by atoms with van der Waals surface area (Å²) in [5.41, 5.74) is 6.27. The largest absolute Gasteiger partial charge is 0.495 e. The monoisotopic (exact) mass is 266 g/mol. The number of methoxy groups -OCH3 is 1. The number of aromatic nitrogens is 1. The number of nitrogens with two attached hydrogens (primary N) is 1. The van der Waals surface area contributed by atoms with Crippen molar-refractivity contribution in [1.29, 1.82) is 0 Å². The van der Waals surface area contributed by atoms with Crippen LogP contribution in [0, 0.1) is 0 Å². The number of Topliss-reactive ketones (excluding diaryl/α,β-unsaturated/α-hetero) is 1. The summed E-state index contributed by atoms with van der Waals surface area (Å²) in [6.45, 7) is 1.39. The first-order valence-electron chi connectivity index (χ1n) is 5.14. The quantitative estimate of drug-likeness (QED) is 0.864. The van der Waals surface area contributed by atoms with E-state index in [2.05, 4.69) is 4.98 Å². The van der Waals surface area contributed by atoms with Gasteiger partial charge < -0.3 is 14.9 Å². The van der Waals surface area contributed by atoms with E-state index in [9.17, 15) is 4.79 Å². The van der Waals surface area contributed by atoms with Crippen LogP contribution >= 0.6 is 11.6 Å². The summed E-state index contributed by atoms with van der Waals surface area (Å²) in [6.07, 6.45) is 0. The molecular weight excluding hydrogens is 256 g/mol. The molecule has 0 saturated heterocycles. The first kappa shape index (κ1) is 12.4. The third-order valence-electron chi connectivity index (χ3n) is 2.39. The van der Waals surface area contributed by atoms with Crippen molar-refractivity contribution in [2.45, 2.75) is 6.92 Å². The van der Waals surface area contributed by atoms with E-state index in [1.54, 1.807) is 18.2 Å². The molecule has 0 saturated carbocycles. The summed E-state index contributed by atoms with van der Waals surface area (Å²) in [6, 6.07) is 4.98. The number of nitrogen functional groups attached to an aromatic ring is 1. The SMILES string of the molecule is COc1ccc(-c2oc(N)nc2C(C)=O)cc1Cl. The third-order valence-corrected chi connectivity index (χ3v) is 2.69. The summed E-state index contributed by atoms with van der Waals surface area (Å²) in [5.74, 6) is 0.624. The Balaban J connectivity index is 2.55. The van der Waals surface area contributed by atoms with Gasteiger partial charge in [0, 0.05) is 12.5 Å². The first-order valence-corrected chi connectivity index (χ1v) is 5.52. The van der Waals surface area contributed by atoms with Gasteiger partial charge in [-0.05, 0) is 18.2 Å². The lowest BCUT2D eigenvalue weighted by Gasteiger charge is -2.04. The lowest BCUT2D eigenvalue weighted by atomic mass is 10.1. The third kappa shape index (κ3) is 2.17. The minimum Gasteiger partial charge on any atom is -0.495 e. The molecule has 2 N–H and O–H groups in total. The minimum absolute atomic E-state index is 0.0536. The molecule has 1 aromatic carbocycles. The van der Waals surface area contributed by atoms with Crippen molar-refractivity contribution in [3.63, 3.8) is 0 Å². The molecule has 18 heavy (non-hydrogen) atoms. The molecule has 0 unspecified atom stereocenters. The Bertz CT molecular complexity index is 607. The van der Waals surface area contributed by atoms with Gasteiger partial charge in [-0.15, -0.1) is 0 Å². The number of oxazole rings is 1. The average molecular weight is 267 g/mol. The number of nitrogens with zero attached hydrogens (tertiary/aromatic N) is 1. The second kappa shape index (κ2) is 4.70. The highest BCUT2D eigenvalue weighted by Gasteiger charge is 2.18. The van der Waals surface area contributed by atoms with E-state index < -0.39 is 0 Å². The van der Waals surface area contributed by atoms with Crippen LogP contribution in [0.4, 0.5) is 6.01 Å². The molecule has 0 aliphatic rings. The molecule has 94 valence electrons. The standard InChI is InChI=1S/C12H11ClN2O3/c1-6(16)10-11(18-12(14)15-10)7-3-4-9(17-2)8(13)5-7/h3-5H,1-2H3,(H2,14,15). The van der Waals surface area contributed by atoms with Gasteiger partial charge in [0.25, 0.3) is 6.01 Å². The van der Waals surface area contributed by atoms with Gasteiger partial charge in [-0.1, -0.05) is 11.6 Å². The molecule has 0 radical (unpaired) electrons. The highest BCUT2D eigenvalue weighted by Crippen LogP contribution is 2.32. The fourth-order valence-electron chi connectivity index (χ4n) is 1.58. The fourth-order valence-corrected chi connectivity index (χ4v) is 1.84. The molecule has 0 fully saturated rings. The lowest BCUT2D eigenvalue weighted by molar-refractivity contribution is 0.101. The molecule has 1 heterocycles. The van der Waals surface area contributed by atoms with Gasteiger partial charge in [0.1, 0.15) is 5.75 Å². The normalized spacial score (nSPS) is 10.4. The number of carbonyl (C=O) groups excluding carboxylic acids is 1. The van der Waals surface area contributed by atoms with E-state index in [0.717, 1.165) is 0 Å². The highest BCUT2D eigenvalue weighted by molar-refractivity contribution is 6.32. The zero-order valence-electron chi connectivity index (χ0n) is 9.86. The zero-order chi connectivity index (χ0) is 13.3. The van der Waals surface area contributed by atoms with Crippen LogP contribution in [0.15, 0.2) is 22.6 Å². The molecule has 6 heteroatoms. The second-order valence-electron chi connectivity index (χ2n) is 3.64. The van der Waals surface area contributed by atoms with Gasteiger partial charge in [0.2, 0.25) is 0 Å². The van der Waals surface area contributed by atoms with Crippen molar-refractivity contribution in [1.82, 2.24) is 4.98 Å². The van der Waals surface area contributed by atoms with Crippen LogP contribution in [0.2, 0.25) is 5.02 Å². The van der Waals surface area contributed by atoms with E-state index >= 15 is 0 Å². The van der Waals surface area contributed by atoms with Crippen molar-refractivity contribution in [3.8, 4) is 17.1 Å². The van der Waals surface area contributed by atoms with Crippen molar-refractivity contribution in [2.75, 3.05) is 12.8 Å². The Morgan fingerprint density at radius 1 is 1.50 bits per heavy atom. The maximum absolute atomic E-state index is 11.4. The highest BCUT2D eigenvalue weighted by atomic mass is 35.5. The van der Waals surface area contributed by atoms with E-state index in [0.29, 0.717) is 22.1 Å². The van der Waals surface area contributed by atoms with E-state index in [1.165, 1.54) is 14.0 Å². The Kier molecular flexibility index (Phi) is 3.25. The Morgan fingerprint density at radius 3 is 2.78 bits per heavy atom. The molecule has 0 aliphatic carbocycles. The number of ketones is 1. The van der Waals surface area contributed by atoms with Crippen molar-refractivity contribution < 1.29 is 13.9 Å². The van der Waals surface area contributed by atoms with Crippen LogP contribution in [0.5, 0.6) is 5.75 Å². The molecule has 0 bridgehead atoms. The molecular formula is C12H11ClN2O3. The van der Waals surface area contributed by atoms with E-state index in [-0.39, 0.29) is 17.5 Å². The molecule has 2 rings (SSSR count). The summed E-state index contributed by atoms with van der Waals surface area (Å²) in [4.78, 5) is 15.3. The van der Waals surface area contributed by atoms with Crippen LogP contribution in [-0.2, 0) is 0 Å². The minimum atomic E-state index is -0.225. The number of rotatable bonds is 3. The molecule has 0 atom stereocenters. The van der Waals surface area contributed by atoms with E-state index in [4.69, 9.17) is 26.5 Å². The van der Waals surface area contributed by atoms with Gasteiger partial charge in [-0.25, -0.2) is 0 Å². The average Bonchev–Trinajstić information content (AvgIpc) is 2.71. The van der Waals surface area contributed by atoms with Gasteiger partial charge >= 0.3 is 0 Å². The zero-order valence-corrected chi connectivity index (χ0v) is 10.6. The number of anilines is 1. The molecule has 0 spiro atoms. The summed E-state index contributed by atoms with van der Waals surface area (Å²) < 4.78 is 10.3. The smallest absolute Gasteiger partial charge is 0.293 e. The Morgan fingerprint density at radius 2 is 2.22 bits per heavy atom. The van der Waals surface area contributed by atoms with Gasteiger partial charge in [0.15, 0.2) is 17.2 Å². The lowest BCUT2D eigenvalue weighted by Crippen LogP contribution is -1.95. The van der Waals surface area contributed by atoms with Crippen LogP contribution in [0.25, 0.3) is 11.3 Å². The first-order chi connectivity index (χ1) is 8.52. The molecule has 5 nitrogen and oxygen atoms in total. The molecule has 1 aromatic heterocycles. The maximum atomic E-state index is 11.4. The maximum Gasteiger partial charge on any atom is 0.293 e. The number of hydrogen-bond acceptors (Lipinski definition) is 5. The number of ether oxygens (including phenoxy) is 1. The van der Waals surface area contributed by atoms with Crippen LogP contribution < -0.4 is 10.5 Å². The van der Waals surface area contributed by atoms with Gasteiger partial charge in [0.05, 0.1) is 12.1 Å². The summed E-state index contributed by atoms with van der Waals surface area (Å²) in [5, 5.41) is 0.416. The summed E-state index contributed by atoms with van der Waals surface area (Å²) >= 11 is 6.01. The van der Waals surface area contributed by atoms with Gasteiger partial charge in [-0.3, -0.25) is 4.79 Å². The number of halogens is 1. The molecule has 0 amide bonds. The Labute approximate surface area is 109 Å². The molecule has 2 aromatic rings. The van der Waals surface area contributed by atoms with Crippen LogP contribution in [-0.4, -0.2) is 17.9 Å². The molecule has 0 aliphatic heterocycles. The topological polar surface area (TPSA) is 78.3 Å². The second-order valence-corrected chi connectivity index (χ2v) is 4.04. The number of benzene rings is 1. The summed E-state index contributed by atoms with van der Waals surface area (Å²) in [7, 11) is 1.52. The predicted molar refractivity (Wildman–Crippen MR) is 67.9 cm³/mol. The fraction of sp³-hybridized carbons (Fsp3) is 0.167.